The zero-order valence-electron chi connectivity index (χ0n) is 16.1. The van der Waals surface area contributed by atoms with Crippen LogP contribution in [0.2, 0.25) is 19.6 Å². The summed E-state index contributed by atoms with van der Waals surface area (Å²) in [4.78, 5) is 0. The van der Waals surface area contributed by atoms with Crippen LogP contribution >= 0.6 is 0 Å². The predicted molar refractivity (Wildman–Crippen MR) is 104 cm³/mol. The SMILES string of the molecule is C[Si](C)(C)OCCC[c-]1cccc1.Cc1cc2ccccc2[cH-]1.[Cl-].[Cl-].[Zr+4]. The van der Waals surface area contributed by atoms with Crippen molar-refractivity contribution >= 4 is 19.1 Å². The first-order chi connectivity index (χ1) is 10.9. The predicted octanol–water partition coefficient (Wildman–Crippen LogP) is 0.0622. The molecular weight excluding hydrogens is 458 g/mol. The summed E-state index contributed by atoms with van der Waals surface area (Å²) in [6.45, 7) is 9.74. The Kier molecular flexibility index (Phi) is 15.0. The second-order valence-electron chi connectivity index (χ2n) is 7.02. The molecule has 0 unspecified atom stereocenters. The Morgan fingerprint density at radius 1 is 1.00 bits per heavy atom. The van der Waals surface area contributed by atoms with E-state index >= 15 is 0 Å². The first-order valence-electron chi connectivity index (χ1n) is 8.41. The monoisotopic (exact) mass is 484 g/mol. The van der Waals surface area contributed by atoms with Crippen molar-refractivity contribution < 1.29 is 55.4 Å². The molecule has 5 heteroatoms. The molecule has 3 aromatic rings. The van der Waals surface area contributed by atoms with Crippen LogP contribution in [-0.4, -0.2) is 14.9 Å². The van der Waals surface area contributed by atoms with E-state index in [2.05, 4.69) is 87.2 Å². The van der Waals surface area contributed by atoms with E-state index in [0.29, 0.717) is 0 Å². The summed E-state index contributed by atoms with van der Waals surface area (Å²) in [6.07, 6.45) is 2.30. The number of hydrogen-bond donors (Lipinski definition) is 0. The van der Waals surface area contributed by atoms with E-state index in [0.717, 1.165) is 19.4 Å². The number of rotatable bonds is 5. The molecule has 0 aromatic heterocycles. The molecule has 0 amide bonds. The van der Waals surface area contributed by atoms with Gasteiger partial charge in [-0.15, -0.1) is 40.6 Å². The maximum atomic E-state index is 5.77. The molecule has 0 saturated heterocycles. The molecule has 140 valence electrons. The van der Waals surface area contributed by atoms with Crippen molar-refractivity contribution in [3.63, 3.8) is 0 Å². The molecule has 0 N–H and O–H groups in total. The van der Waals surface area contributed by atoms with E-state index in [1.165, 1.54) is 21.9 Å². The van der Waals surface area contributed by atoms with E-state index in [1.807, 2.05) is 0 Å². The molecular formula is C21H28Cl2OSiZr. The standard InChI is InChI=1S/C11H19OSi.C10H9.2ClH.Zr/c1-13(2,3)12-10-6-9-11-7-4-5-8-11;1-8-6-9-4-2-3-5-10(9)7-8;;;/h4-5,7-8H,6,9-10H2,1-3H3;2-7H,1H3;2*1H;/q2*-1;;;+4/p-2. The van der Waals surface area contributed by atoms with Gasteiger partial charge in [0.1, 0.15) is 0 Å². The van der Waals surface area contributed by atoms with Crippen molar-refractivity contribution in [2.75, 3.05) is 6.61 Å². The van der Waals surface area contributed by atoms with Crippen LogP contribution in [0.5, 0.6) is 0 Å². The van der Waals surface area contributed by atoms with E-state index in [4.69, 9.17) is 4.43 Å². The van der Waals surface area contributed by atoms with Crippen LogP contribution in [0.1, 0.15) is 17.5 Å². The van der Waals surface area contributed by atoms with Crippen LogP contribution < -0.4 is 24.8 Å². The molecule has 0 spiro atoms. The van der Waals surface area contributed by atoms with Gasteiger partial charge in [0, 0.05) is 6.61 Å². The molecule has 3 rings (SSSR count). The summed E-state index contributed by atoms with van der Waals surface area (Å²) in [6, 6.07) is 21.4. The minimum atomic E-state index is -1.28. The largest absolute Gasteiger partial charge is 4.00 e. The van der Waals surface area contributed by atoms with Crippen molar-refractivity contribution in [1.82, 2.24) is 0 Å². The number of hydrogen-bond acceptors (Lipinski definition) is 1. The second-order valence-corrected chi connectivity index (χ2v) is 11.5. The van der Waals surface area contributed by atoms with E-state index in [-0.39, 0.29) is 51.0 Å². The first-order valence-corrected chi connectivity index (χ1v) is 11.8. The van der Waals surface area contributed by atoms with Crippen LogP contribution in [-0.2, 0) is 37.1 Å². The van der Waals surface area contributed by atoms with Crippen LogP contribution in [0.25, 0.3) is 10.8 Å². The Bertz CT molecular complexity index is 669. The van der Waals surface area contributed by atoms with E-state index < -0.39 is 8.32 Å². The van der Waals surface area contributed by atoms with Crippen LogP contribution in [0, 0.1) is 6.92 Å². The summed E-state index contributed by atoms with van der Waals surface area (Å²) in [5.74, 6) is 0. The Morgan fingerprint density at radius 3 is 2.19 bits per heavy atom. The van der Waals surface area contributed by atoms with Gasteiger partial charge in [0.05, 0.1) is 0 Å². The Labute approximate surface area is 191 Å². The zero-order chi connectivity index (χ0) is 16.7. The van der Waals surface area contributed by atoms with Crippen molar-refractivity contribution in [3.05, 3.63) is 71.8 Å². The van der Waals surface area contributed by atoms with Gasteiger partial charge in [-0.25, -0.2) is 12.1 Å². The van der Waals surface area contributed by atoms with Gasteiger partial charge in [-0.3, -0.25) is 0 Å². The smallest absolute Gasteiger partial charge is 1.00 e. The molecule has 0 aliphatic carbocycles. The number of halogens is 2. The molecule has 0 atom stereocenters. The number of aryl methyl sites for hydroxylation is 2. The third kappa shape index (κ3) is 10.8. The van der Waals surface area contributed by atoms with Crippen molar-refractivity contribution in [1.29, 1.82) is 0 Å². The van der Waals surface area contributed by atoms with Crippen LogP contribution in [0.3, 0.4) is 0 Å². The van der Waals surface area contributed by atoms with Gasteiger partial charge < -0.3 is 29.2 Å². The third-order valence-electron chi connectivity index (χ3n) is 3.64. The molecule has 0 aliphatic heterocycles. The Balaban J connectivity index is 0. The molecule has 0 saturated carbocycles. The number of fused-ring (bicyclic) bond motifs is 1. The summed E-state index contributed by atoms with van der Waals surface area (Å²) in [5, 5.41) is 2.69. The van der Waals surface area contributed by atoms with Crippen LogP contribution in [0.4, 0.5) is 0 Å². The molecule has 0 heterocycles. The first kappa shape index (κ1) is 28.0. The summed E-state index contributed by atoms with van der Waals surface area (Å²) >= 11 is 0. The number of benzene rings is 1. The quantitative estimate of drug-likeness (QED) is 0.282. The van der Waals surface area contributed by atoms with Crippen LogP contribution in [0.15, 0.2) is 60.7 Å². The van der Waals surface area contributed by atoms with Gasteiger partial charge in [0.25, 0.3) is 0 Å². The van der Waals surface area contributed by atoms with Gasteiger partial charge in [-0.05, 0) is 26.1 Å². The van der Waals surface area contributed by atoms with Gasteiger partial charge in [0.15, 0.2) is 8.32 Å². The maximum absolute atomic E-state index is 5.77. The summed E-state index contributed by atoms with van der Waals surface area (Å²) < 4.78 is 5.77. The molecule has 0 bridgehead atoms. The summed E-state index contributed by atoms with van der Waals surface area (Å²) in [7, 11) is -1.28. The summed E-state index contributed by atoms with van der Waals surface area (Å²) in [5.41, 5.74) is 2.78. The van der Waals surface area contributed by atoms with Gasteiger partial charge >= 0.3 is 26.2 Å². The van der Waals surface area contributed by atoms with E-state index in [1.54, 1.807) is 0 Å². The molecule has 0 aliphatic rings. The fraction of sp³-hybridized carbons (Fsp3) is 0.333. The molecule has 0 radical (unpaired) electrons. The Morgan fingerprint density at radius 2 is 1.62 bits per heavy atom. The fourth-order valence-electron chi connectivity index (χ4n) is 2.54. The third-order valence-corrected chi connectivity index (χ3v) is 4.71. The molecule has 26 heavy (non-hydrogen) atoms. The Hall–Kier alpha value is -0.180. The minimum absolute atomic E-state index is 0. The fourth-order valence-corrected chi connectivity index (χ4v) is 3.30. The topological polar surface area (TPSA) is 9.23 Å². The second kappa shape index (κ2) is 13.9. The molecule has 1 nitrogen and oxygen atoms in total. The van der Waals surface area contributed by atoms with Crippen molar-refractivity contribution in [2.45, 2.75) is 39.4 Å². The average Bonchev–Trinajstić information content (AvgIpc) is 3.11. The maximum Gasteiger partial charge on any atom is 4.00 e. The minimum Gasteiger partial charge on any atom is -1.00 e. The van der Waals surface area contributed by atoms with Crippen molar-refractivity contribution in [3.8, 4) is 0 Å². The normalized spacial score (nSPS) is 10.0. The zero-order valence-corrected chi connectivity index (χ0v) is 21.0. The van der Waals surface area contributed by atoms with Crippen molar-refractivity contribution in [2.24, 2.45) is 0 Å². The van der Waals surface area contributed by atoms with Gasteiger partial charge in [0.2, 0.25) is 0 Å². The van der Waals surface area contributed by atoms with Gasteiger partial charge in [-0.1, -0.05) is 19.4 Å². The average molecular weight is 487 g/mol. The van der Waals surface area contributed by atoms with Gasteiger partial charge in [-0.2, -0.15) is 23.8 Å². The molecule has 3 aromatic carbocycles. The van der Waals surface area contributed by atoms with E-state index in [9.17, 15) is 0 Å². The molecule has 0 fully saturated rings.